The lowest BCUT2D eigenvalue weighted by molar-refractivity contribution is 1.04. The topological polar surface area (TPSA) is 0 Å². The molecule has 0 spiro atoms. The third kappa shape index (κ3) is 4.46. The van der Waals surface area contributed by atoms with Gasteiger partial charge in [-0.05, 0) is 18.4 Å². The van der Waals surface area contributed by atoms with E-state index in [1.807, 2.05) is 36.4 Å². The van der Waals surface area contributed by atoms with Crippen LogP contribution in [0, 0.1) is 0 Å². The molecule has 0 N–H and O–H groups in total. The Bertz CT molecular complexity index is 292. The Balaban J connectivity index is 0.000000146. The SMILES string of the molecule is C1=CCCC=C1.C=Cc1ccccc1. The number of hydrogen-bond acceptors (Lipinski definition) is 0. The van der Waals surface area contributed by atoms with Crippen LogP contribution in [-0.2, 0) is 0 Å². The molecular weight excluding hydrogens is 168 g/mol. The molecule has 1 aromatic rings. The molecule has 0 amide bonds. The zero-order valence-corrected chi connectivity index (χ0v) is 8.39. The van der Waals surface area contributed by atoms with Crippen LogP contribution in [0.5, 0.6) is 0 Å². The van der Waals surface area contributed by atoms with Gasteiger partial charge in [-0.15, -0.1) is 0 Å². The predicted octanol–water partition coefficient (Wildman–Crippen LogP) is 4.22. The van der Waals surface area contributed by atoms with Gasteiger partial charge in [0.1, 0.15) is 0 Å². The lowest BCUT2D eigenvalue weighted by atomic mass is 10.2. The maximum absolute atomic E-state index is 3.63. The van der Waals surface area contributed by atoms with Crippen molar-refractivity contribution in [3.05, 3.63) is 66.8 Å². The average molecular weight is 184 g/mol. The summed E-state index contributed by atoms with van der Waals surface area (Å²) in [6.45, 7) is 3.63. The van der Waals surface area contributed by atoms with E-state index in [-0.39, 0.29) is 0 Å². The largest absolute Gasteiger partial charge is 0.0985 e. The molecule has 72 valence electrons. The summed E-state index contributed by atoms with van der Waals surface area (Å²) >= 11 is 0. The molecule has 0 aliphatic heterocycles. The fourth-order valence-corrected chi connectivity index (χ4v) is 1.13. The molecular formula is C14H16. The molecule has 0 saturated carbocycles. The summed E-state index contributed by atoms with van der Waals surface area (Å²) in [7, 11) is 0. The molecule has 0 atom stereocenters. The van der Waals surface area contributed by atoms with Gasteiger partial charge in [0.15, 0.2) is 0 Å². The Hall–Kier alpha value is -1.56. The van der Waals surface area contributed by atoms with E-state index in [0.717, 1.165) is 0 Å². The molecule has 0 saturated heterocycles. The molecule has 0 radical (unpaired) electrons. The summed E-state index contributed by atoms with van der Waals surface area (Å²) in [4.78, 5) is 0. The second kappa shape index (κ2) is 6.90. The zero-order valence-electron chi connectivity index (χ0n) is 8.39. The maximum atomic E-state index is 3.63. The zero-order chi connectivity index (χ0) is 10.1. The van der Waals surface area contributed by atoms with Crippen LogP contribution in [0.2, 0.25) is 0 Å². The molecule has 0 unspecified atom stereocenters. The highest BCUT2D eigenvalue weighted by molar-refractivity contribution is 5.45. The van der Waals surface area contributed by atoms with E-state index in [4.69, 9.17) is 0 Å². The van der Waals surface area contributed by atoms with Crippen molar-refractivity contribution < 1.29 is 0 Å². The predicted molar refractivity (Wildman–Crippen MR) is 64.0 cm³/mol. The van der Waals surface area contributed by atoms with E-state index in [9.17, 15) is 0 Å². The van der Waals surface area contributed by atoms with Gasteiger partial charge in [0.25, 0.3) is 0 Å². The van der Waals surface area contributed by atoms with Crippen molar-refractivity contribution in [3.8, 4) is 0 Å². The maximum Gasteiger partial charge on any atom is -0.0263 e. The highest BCUT2D eigenvalue weighted by Crippen LogP contribution is 1.98. The van der Waals surface area contributed by atoms with E-state index in [0.29, 0.717) is 0 Å². The average Bonchev–Trinajstić information content (AvgIpc) is 2.33. The number of benzene rings is 1. The fourth-order valence-electron chi connectivity index (χ4n) is 1.13. The highest BCUT2D eigenvalue weighted by Gasteiger charge is 1.77. The molecule has 0 bridgehead atoms. The van der Waals surface area contributed by atoms with Gasteiger partial charge in [0, 0.05) is 0 Å². The molecule has 14 heavy (non-hydrogen) atoms. The van der Waals surface area contributed by atoms with E-state index < -0.39 is 0 Å². The smallest absolute Gasteiger partial charge is 0.0263 e. The Morgan fingerprint density at radius 2 is 1.50 bits per heavy atom. The first-order valence-corrected chi connectivity index (χ1v) is 4.92. The Kier molecular flexibility index (Phi) is 5.19. The van der Waals surface area contributed by atoms with Crippen molar-refractivity contribution in [2.24, 2.45) is 0 Å². The lowest BCUT2D eigenvalue weighted by Gasteiger charge is -1.88. The van der Waals surface area contributed by atoms with E-state index >= 15 is 0 Å². The molecule has 1 aliphatic carbocycles. The third-order valence-electron chi connectivity index (χ3n) is 1.92. The molecule has 2 rings (SSSR count). The minimum Gasteiger partial charge on any atom is -0.0985 e. The van der Waals surface area contributed by atoms with E-state index in [1.54, 1.807) is 0 Å². The second-order valence-corrected chi connectivity index (χ2v) is 3.05. The molecule has 0 nitrogen and oxygen atoms in total. The Labute approximate surface area is 86.3 Å². The summed E-state index contributed by atoms with van der Waals surface area (Å²) in [5, 5.41) is 0. The van der Waals surface area contributed by atoms with Crippen LogP contribution in [0.15, 0.2) is 61.2 Å². The van der Waals surface area contributed by atoms with Crippen molar-refractivity contribution >= 4 is 6.08 Å². The second-order valence-electron chi connectivity index (χ2n) is 3.05. The monoisotopic (exact) mass is 184 g/mol. The first-order chi connectivity index (χ1) is 6.93. The van der Waals surface area contributed by atoms with Crippen molar-refractivity contribution in [3.63, 3.8) is 0 Å². The van der Waals surface area contributed by atoms with E-state index in [2.05, 4.69) is 30.9 Å². The summed E-state index contributed by atoms with van der Waals surface area (Å²) in [6, 6.07) is 10.0. The Morgan fingerprint density at radius 3 is 1.79 bits per heavy atom. The van der Waals surface area contributed by atoms with Crippen molar-refractivity contribution in [1.82, 2.24) is 0 Å². The van der Waals surface area contributed by atoms with E-state index in [1.165, 1.54) is 18.4 Å². The van der Waals surface area contributed by atoms with Crippen LogP contribution >= 0.6 is 0 Å². The minimum atomic E-state index is 1.17. The fraction of sp³-hybridized carbons (Fsp3) is 0.143. The first-order valence-electron chi connectivity index (χ1n) is 4.92. The molecule has 0 aromatic heterocycles. The standard InChI is InChI=1S/C8H8.C6H8/c1-2-8-6-4-3-5-7-8;1-2-4-6-5-3-1/h2-7H,1H2;1-4H,5-6H2. The van der Waals surface area contributed by atoms with Crippen molar-refractivity contribution in [1.29, 1.82) is 0 Å². The van der Waals surface area contributed by atoms with Gasteiger partial charge in [0.2, 0.25) is 0 Å². The van der Waals surface area contributed by atoms with Crippen LogP contribution < -0.4 is 0 Å². The van der Waals surface area contributed by atoms with Gasteiger partial charge in [0.05, 0.1) is 0 Å². The van der Waals surface area contributed by atoms with Crippen LogP contribution in [0.25, 0.3) is 6.08 Å². The van der Waals surface area contributed by atoms with Crippen molar-refractivity contribution in [2.45, 2.75) is 12.8 Å². The van der Waals surface area contributed by atoms with Crippen LogP contribution in [0.1, 0.15) is 18.4 Å². The molecule has 1 aromatic carbocycles. The number of rotatable bonds is 1. The summed E-state index contributed by atoms with van der Waals surface area (Å²) in [5.41, 5.74) is 1.17. The number of allylic oxidation sites excluding steroid dienone is 4. The minimum absolute atomic E-state index is 1.17. The molecule has 0 fully saturated rings. The van der Waals surface area contributed by atoms with Gasteiger partial charge in [-0.2, -0.15) is 0 Å². The molecule has 1 aliphatic rings. The van der Waals surface area contributed by atoms with Crippen LogP contribution in [-0.4, -0.2) is 0 Å². The quantitative estimate of drug-likeness (QED) is 0.613. The first kappa shape index (κ1) is 10.5. The van der Waals surface area contributed by atoms with Gasteiger partial charge in [-0.1, -0.05) is 67.3 Å². The third-order valence-corrected chi connectivity index (χ3v) is 1.92. The Morgan fingerprint density at radius 1 is 0.929 bits per heavy atom. The van der Waals surface area contributed by atoms with Crippen LogP contribution in [0.4, 0.5) is 0 Å². The highest BCUT2D eigenvalue weighted by atomic mass is 13.8. The lowest BCUT2D eigenvalue weighted by Crippen LogP contribution is -1.67. The van der Waals surface area contributed by atoms with Gasteiger partial charge in [-0.25, -0.2) is 0 Å². The van der Waals surface area contributed by atoms with Gasteiger partial charge in [-0.3, -0.25) is 0 Å². The summed E-state index contributed by atoms with van der Waals surface area (Å²) in [6.07, 6.45) is 12.8. The summed E-state index contributed by atoms with van der Waals surface area (Å²) in [5.74, 6) is 0. The summed E-state index contributed by atoms with van der Waals surface area (Å²) < 4.78 is 0. The van der Waals surface area contributed by atoms with Gasteiger partial charge >= 0.3 is 0 Å². The molecule has 0 heterocycles. The molecule has 0 heteroatoms. The van der Waals surface area contributed by atoms with Crippen molar-refractivity contribution in [2.75, 3.05) is 0 Å². The van der Waals surface area contributed by atoms with Crippen LogP contribution in [0.3, 0.4) is 0 Å². The number of hydrogen-bond donors (Lipinski definition) is 0. The normalized spacial score (nSPS) is 12.9. The van der Waals surface area contributed by atoms with Gasteiger partial charge < -0.3 is 0 Å².